The number of benzene rings is 2. The molecule has 0 atom stereocenters. The maximum Gasteiger partial charge on any atom is 0.269 e. The molecule has 2 rings (SSSR count). The van der Waals surface area contributed by atoms with Gasteiger partial charge in [0.25, 0.3) is 5.91 Å². The van der Waals surface area contributed by atoms with Crippen LogP contribution in [0.25, 0.3) is 0 Å². The number of aryl methyl sites for hydroxylation is 2. The molecule has 0 aliphatic heterocycles. The third-order valence-corrected chi connectivity index (χ3v) is 4.31. The van der Waals surface area contributed by atoms with Gasteiger partial charge in [0.1, 0.15) is 0 Å². The van der Waals surface area contributed by atoms with E-state index < -0.39 is 0 Å². The SMILES string of the molecule is CCc1cccc(CC)c1NNC(=O)c1ccc(C(C)(C)C)cc1. The zero-order valence-corrected chi connectivity index (χ0v) is 15.4. The molecule has 1 amide bonds. The molecule has 0 unspecified atom stereocenters. The van der Waals surface area contributed by atoms with Crippen molar-refractivity contribution in [3.63, 3.8) is 0 Å². The molecule has 0 aliphatic carbocycles. The molecule has 0 aliphatic rings. The van der Waals surface area contributed by atoms with E-state index in [2.05, 4.69) is 63.7 Å². The highest BCUT2D eigenvalue weighted by Gasteiger charge is 2.14. The summed E-state index contributed by atoms with van der Waals surface area (Å²) in [6, 6.07) is 14.0. The first kappa shape index (κ1) is 18.1. The number of para-hydroxylation sites is 1. The van der Waals surface area contributed by atoms with E-state index >= 15 is 0 Å². The Kier molecular flexibility index (Phi) is 5.66. The van der Waals surface area contributed by atoms with Gasteiger partial charge in [-0.05, 0) is 47.1 Å². The molecule has 0 aromatic heterocycles. The molecule has 0 saturated heterocycles. The van der Waals surface area contributed by atoms with Crippen LogP contribution in [0, 0.1) is 0 Å². The van der Waals surface area contributed by atoms with E-state index in [9.17, 15) is 4.79 Å². The number of rotatable bonds is 5. The minimum Gasteiger partial charge on any atom is -0.298 e. The van der Waals surface area contributed by atoms with Gasteiger partial charge in [-0.25, -0.2) is 0 Å². The largest absolute Gasteiger partial charge is 0.298 e. The Balaban J connectivity index is 2.11. The number of carbonyl (C=O) groups excluding carboxylic acids is 1. The lowest BCUT2D eigenvalue weighted by atomic mass is 9.87. The van der Waals surface area contributed by atoms with Gasteiger partial charge in [-0.2, -0.15) is 0 Å². The van der Waals surface area contributed by atoms with Crippen molar-refractivity contribution < 1.29 is 4.79 Å². The van der Waals surface area contributed by atoms with Crippen molar-refractivity contribution in [1.29, 1.82) is 0 Å². The van der Waals surface area contributed by atoms with Crippen molar-refractivity contribution in [2.45, 2.75) is 52.9 Å². The molecule has 3 nitrogen and oxygen atoms in total. The Morgan fingerprint density at radius 1 is 0.917 bits per heavy atom. The number of hydrogen-bond donors (Lipinski definition) is 2. The highest BCUT2D eigenvalue weighted by atomic mass is 16.2. The maximum atomic E-state index is 12.4. The summed E-state index contributed by atoms with van der Waals surface area (Å²) in [7, 11) is 0. The summed E-state index contributed by atoms with van der Waals surface area (Å²) in [4.78, 5) is 12.4. The Morgan fingerprint density at radius 2 is 1.46 bits per heavy atom. The lowest BCUT2D eigenvalue weighted by Gasteiger charge is -2.19. The van der Waals surface area contributed by atoms with Gasteiger partial charge in [0.05, 0.1) is 5.69 Å². The Morgan fingerprint density at radius 3 is 1.92 bits per heavy atom. The van der Waals surface area contributed by atoms with Crippen LogP contribution in [-0.2, 0) is 18.3 Å². The predicted molar refractivity (Wildman–Crippen MR) is 101 cm³/mol. The molecule has 0 radical (unpaired) electrons. The van der Waals surface area contributed by atoms with E-state index in [1.807, 2.05) is 24.3 Å². The summed E-state index contributed by atoms with van der Waals surface area (Å²) in [6.45, 7) is 10.7. The average molecular weight is 324 g/mol. The summed E-state index contributed by atoms with van der Waals surface area (Å²) in [6.07, 6.45) is 1.85. The van der Waals surface area contributed by atoms with Gasteiger partial charge in [0.15, 0.2) is 0 Å². The Labute approximate surface area is 145 Å². The second kappa shape index (κ2) is 7.52. The number of anilines is 1. The summed E-state index contributed by atoms with van der Waals surface area (Å²) in [5, 5.41) is 0. The van der Waals surface area contributed by atoms with E-state index in [-0.39, 0.29) is 11.3 Å². The van der Waals surface area contributed by atoms with Crippen LogP contribution < -0.4 is 10.9 Å². The van der Waals surface area contributed by atoms with E-state index in [1.165, 1.54) is 16.7 Å². The van der Waals surface area contributed by atoms with Crippen molar-refractivity contribution >= 4 is 11.6 Å². The first-order chi connectivity index (χ1) is 11.4. The fraction of sp³-hybridized carbons (Fsp3) is 0.381. The molecule has 3 heteroatoms. The molecule has 2 aromatic carbocycles. The quantitative estimate of drug-likeness (QED) is 0.771. The van der Waals surface area contributed by atoms with Crippen molar-refractivity contribution in [2.75, 3.05) is 5.43 Å². The first-order valence-electron chi connectivity index (χ1n) is 8.64. The van der Waals surface area contributed by atoms with Crippen molar-refractivity contribution in [2.24, 2.45) is 0 Å². The van der Waals surface area contributed by atoms with Crippen LogP contribution in [0.5, 0.6) is 0 Å². The van der Waals surface area contributed by atoms with Gasteiger partial charge in [0.2, 0.25) is 0 Å². The molecule has 128 valence electrons. The van der Waals surface area contributed by atoms with E-state index in [0.29, 0.717) is 5.56 Å². The van der Waals surface area contributed by atoms with Crippen molar-refractivity contribution in [3.05, 3.63) is 64.7 Å². The predicted octanol–water partition coefficient (Wildman–Crippen LogP) is 4.87. The second-order valence-electron chi connectivity index (χ2n) is 7.06. The summed E-state index contributed by atoms with van der Waals surface area (Å²) in [5.74, 6) is -0.122. The van der Waals surface area contributed by atoms with Crippen LogP contribution in [0.1, 0.15) is 61.7 Å². The zero-order chi connectivity index (χ0) is 17.7. The van der Waals surface area contributed by atoms with Gasteiger partial charge in [-0.1, -0.05) is 65.0 Å². The number of amides is 1. The smallest absolute Gasteiger partial charge is 0.269 e. The van der Waals surface area contributed by atoms with Crippen LogP contribution in [0.3, 0.4) is 0 Å². The van der Waals surface area contributed by atoms with Gasteiger partial charge in [-0.15, -0.1) is 0 Å². The molecular formula is C21H28N2O. The fourth-order valence-electron chi connectivity index (χ4n) is 2.72. The maximum absolute atomic E-state index is 12.4. The minimum absolute atomic E-state index is 0.0867. The number of nitrogens with one attached hydrogen (secondary N) is 2. The van der Waals surface area contributed by atoms with Gasteiger partial charge in [0, 0.05) is 5.56 Å². The third-order valence-electron chi connectivity index (χ3n) is 4.31. The zero-order valence-electron chi connectivity index (χ0n) is 15.4. The molecule has 0 heterocycles. The van der Waals surface area contributed by atoms with E-state index in [0.717, 1.165) is 18.5 Å². The first-order valence-corrected chi connectivity index (χ1v) is 8.64. The third kappa shape index (κ3) is 4.16. The molecule has 0 bridgehead atoms. The highest BCUT2D eigenvalue weighted by molar-refractivity contribution is 5.95. The fourth-order valence-corrected chi connectivity index (χ4v) is 2.72. The molecule has 24 heavy (non-hydrogen) atoms. The van der Waals surface area contributed by atoms with Gasteiger partial charge in [-0.3, -0.25) is 15.6 Å². The Bertz CT molecular complexity index is 675. The van der Waals surface area contributed by atoms with Crippen molar-refractivity contribution in [3.8, 4) is 0 Å². The lowest BCUT2D eigenvalue weighted by Crippen LogP contribution is -2.30. The molecule has 0 spiro atoms. The molecular weight excluding hydrogens is 296 g/mol. The highest BCUT2D eigenvalue weighted by Crippen LogP contribution is 2.23. The average Bonchev–Trinajstić information content (AvgIpc) is 2.58. The molecule has 0 fully saturated rings. The normalized spacial score (nSPS) is 11.2. The number of hydrogen-bond acceptors (Lipinski definition) is 2. The minimum atomic E-state index is -0.122. The van der Waals surface area contributed by atoms with E-state index in [4.69, 9.17) is 0 Å². The van der Waals surface area contributed by atoms with Crippen LogP contribution in [0.15, 0.2) is 42.5 Å². The lowest BCUT2D eigenvalue weighted by molar-refractivity contribution is 0.0962. The monoisotopic (exact) mass is 324 g/mol. The van der Waals surface area contributed by atoms with Gasteiger partial charge >= 0.3 is 0 Å². The van der Waals surface area contributed by atoms with Crippen LogP contribution in [0.2, 0.25) is 0 Å². The number of hydrazine groups is 1. The van der Waals surface area contributed by atoms with Crippen LogP contribution >= 0.6 is 0 Å². The van der Waals surface area contributed by atoms with Crippen LogP contribution in [0.4, 0.5) is 5.69 Å². The standard InChI is InChI=1S/C21H28N2O/c1-6-15-9-8-10-16(7-2)19(15)22-23-20(24)17-11-13-18(14-12-17)21(3,4)5/h8-14,22H,6-7H2,1-5H3,(H,23,24). The number of carbonyl (C=O) groups is 1. The van der Waals surface area contributed by atoms with E-state index in [1.54, 1.807) is 0 Å². The molecule has 2 aromatic rings. The summed E-state index contributed by atoms with van der Waals surface area (Å²) < 4.78 is 0. The Hall–Kier alpha value is -2.29. The van der Waals surface area contributed by atoms with Crippen LogP contribution in [-0.4, -0.2) is 5.91 Å². The summed E-state index contributed by atoms with van der Waals surface area (Å²) in [5.41, 5.74) is 11.4. The van der Waals surface area contributed by atoms with Gasteiger partial charge < -0.3 is 0 Å². The van der Waals surface area contributed by atoms with Crippen molar-refractivity contribution in [1.82, 2.24) is 5.43 Å². The second-order valence-corrected chi connectivity index (χ2v) is 7.06. The molecule has 0 saturated carbocycles. The molecule has 2 N–H and O–H groups in total. The topological polar surface area (TPSA) is 41.1 Å². The summed E-state index contributed by atoms with van der Waals surface area (Å²) >= 11 is 0.